The van der Waals surface area contributed by atoms with Crippen LogP contribution >= 0.6 is 0 Å². The second-order valence-corrected chi connectivity index (χ2v) is 9.97. The quantitative estimate of drug-likeness (QED) is 0.229. The van der Waals surface area contributed by atoms with Crippen molar-refractivity contribution in [3.8, 4) is 45.3 Å². The third kappa shape index (κ3) is 4.12. The van der Waals surface area contributed by atoms with E-state index in [1.165, 1.54) is 0 Å². The second-order valence-electron chi connectivity index (χ2n) is 9.97. The third-order valence-electron chi connectivity index (χ3n) is 7.43. The first-order chi connectivity index (χ1) is 20.3. The Balaban J connectivity index is 1.21. The summed E-state index contributed by atoms with van der Waals surface area (Å²) in [5.41, 5.74) is 6.73. The average Bonchev–Trinajstić information content (AvgIpc) is 3.45. The Morgan fingerprint density at radius 2 is 1.00 bits per heavy atom. The van der Waals surface area contributed by atoms with Gasteiger partial charge in [-0.05, 0) is 34.7 Å². The number of benzene rings is 5. The monoisotopic (exact) mass is 526 g/mol. The highest BCUT2D eigenvalue weighted by molar-refractivity contribution is 6.15. The van der Waals surface area contributed by atoms with E-state index in [0.29, 0.717) is 17.5 Å². The zero-order chi connectivity index (χ0) is 27.2. The highest BCUT2D eigenvalue weighted by atomic mass is 16.3. The summed E-state index contributed by atoms with van der Waals surface area (Å²) >= 11 is 0. The molecule has 3 aromatic heterocycles. The fourth-order valence-corrected chi connectivity index (χ4v) is 5.34. The van der Waals surface area contributed by atoms with Gasteiger partial charge >= 0.3 is 0 Å². The zero-order valence-corrected chi connectivity index (χ0v) is 21.9. The molecule has 0 spiro atoms. The number of aromatic nitrogens is 4. The molecule has 8 rings (SSSR count). The normalized spacial score (nSPS) is 11.4. The molecule has 0 fully saturated rings. The molecule has 0 bridgehead atoms. The van der Waals surface area contributed by atoms with Crippen molar-refractivity contribution in [2.75, 3.05) is 0 Å². The number of hydrogen-bond donors (Lipinski definition) is 0. The van der Waals surface area contributed by atoms with E-state index in [0.717, 1.165) is 60.5 Å². The maximum atomic E-state index is 6.24. The van der Waals surface area contributed by atoms with Gasteiger partial charge < -0.3 is 4.42 Å². The molecule has 3 heterocycles. The first-order valence-corrected chi connectivity index (χ1v) is 13.5. The maximum absolute atomic E-state index is 6.24. The minimum Gasteiger partial charge on any atom is -0.454 e. The van der Waals surface area contributed by atoms with Gasteiger partial charge in [-0.15, -0.1) is 0 Å². The number of pyridine rings is 1. The molecule has 0 aliphatic rings. The lowest BCUT2D eigenvalue weighted by Crippen LogP contribution is -2.00. The lowest BCUT2D eigenvalue weighted by atomic mass is 9.99. The number of rotatable bonds is 4. The van der Waals surface area contributed by atoms with Crippen LogP contribution < -0.4 is 0 Å². The Kier molecular flexibility index (Phi) is 5.38. The molecule has 192 valence electrons. The topological polar surface area (TPSA) is 64.7 Å². The van der Waals surface area contributed by atoms with E-state index in [4.69, 9.17) is 19.4 Å². The van der Waals surface area contributed by atoms with Crippen LogP contribution in [0.5, 0.6) is 0 Å². The number of hydrogen-bond acceptors (Lipinski definition) is 5. The molecule has 0 aliphatic carbocycles. The van der Waals surface area contributed by atoms with E-state index in [1.54, 1.807) is 12.4 Å². The van der Waals surface area contributed by atoms with Crippen LogP contribution in [-0.4, -0.2) is 19.9 Å². The lowest BCUT2D eigenvalue weighted by Gasteiger charge is -2.09. The maximum Gasteiger partial charge on any atom is 0.164 e. The van der Waals surface area contributed by atoms with Crippen LogP contribution in [0, 0.1) is 0 Å². The van der Waals surface area contributed by atoms with Gasteiger partial charge in [-0.2, -0.15) is 0 Å². The van der Waals surface area contributed by atoms with Crippen LogP contribution in [0.1, 0.15) is 0 Å². The molecule has 5 nitrogen and oxygen atoms in total. The fourth-order valence-electron chi connectivity index (χ4n) is 5.34. The van der Waals surface area contributed by atoms with Gasteiger partial charge in [0.15, 0.2) is 23.1 Å². The van der Waals surface area contributed by atoms with E-state index >= 15 is 0 Å². The molecule has 0 aliphatic heterocycles. The zero-order valence-electron chi connectivity index (χ0n) is 21.9. The van der Waals surface area contributed by atoms with Crippen molar-refractivity contribution in [2.24, 2.45) is 0 Å². The molecule has 41 heavy (non-hydrogen) atoms. The summed E-state index contributed by atoms with van der Waals surface area (Å²) in [5, 5.41) is 4.39. The standard InChI is InChI=1S/C36H22N4O/c1-3-7-25(8-4-1)34-38-35(26-9-5-2-6-10-26)40-36(39-34)27-14-11-23(12-15-27)28-16-13-24-17-18-30-29-19-20-37-22-32(29)41-33(30)31(24)21-28/h1-22H. The van der Waals surface area contributed by atoms with E-state index in [1.807, 2.05) is 66.7 Å². The molecule has 5 heteroatoms. The van der Waals surface area contributed by atoms with Crippen LogP contribution in [0.25, 0.3) is 78.0 Å². The highest BCUT2D eigenvalue weighted by Gasteiger charge is 2.14. The molecular formula is C36H22N4O. The van der Waals surface area contributed by atoms with Crippen molar-refractivity contribution >= 4 is 32.7 Å². The third-order valence-corrected chi connectivity index (χ3v) is 7.43. The smallest absolute Gasteiger partial charge is 0.164 e. The SMILES string of the molecule is c1ccc(-c2nc(-c3ccccc3)nc(-c3ccc(-c4ccc5ccc6c7ccncc7oc6c5c4)cc3)n2)cc1. The molecule has 0 N–H and O–H groups in total. The predicted octanol–water partition coefficient (Wildman–Crippen LogP) is 8.99. The molecule has 0 saturated carbocycles. The second kappa shape index (κ2) is 9.50. The molecule has 0 saturated heterocycles. The van der Waals surface area contributed by atoms with Gasteiger partial charge in [0, 0.05) is 39.0 Å². The van der Waals surface area contributed by atoms with E-state index in [9.17, 15) is 0 Å². The summed E-state index contributed by atoms with van der Waals surface area (Å²) in [7, 11) is 0. The van der Waals surface area contributed by atoms with Crippen molar-refractivity contribution < 1.29 is 4.42 Å². The highest BCUT2D eigenvalue weighted by Crippen LogP contribution is 2.36. The Morgan fingerprint density at radius 3 is 1.66 bits per heavy atom. The average molecular weight is 527 g/mol. The molecule has 0 unspecified atom stereocenters. The number of fused-ring (bicyclic) bond motifs is 5. The lowest BCUT2D eigenvalue weighted by molar-refractivity contribution is 0.670. The summed E-state index contributed by atoms with van der Waals surface area (Å²) in [6.45, 7) is 0. The predicted molar refractivity (Wildman–Crippen MR) is 164 cm³/mol. The Morgan fingerprint density at radius 1 is 0.439 bits per heavy atom. The molecule has 0 radical (unpaired) electrons. The van der Waals surface area contributed by atoms with Crippen LogP contribution in [-0.2, 0) is 0 Å². The van der Waals surface area contributed by atoms with Gasteiger partial charge in [-0.1, -0.05) is 103 Å². The van der Waals surface area contributed by atoms with Crippen LogP contribution in [0.15, 0.2) is 138 Å². The van der Waals surface area contributed by atoms with Crippen LogP contribution in [0.3, 0.4) is 0 Å². The van der Waals surface area contributed by atoms with Gasteiger partial charge in [0.2, 0.25) is 0 Å². The summed E-state index contributed by atoms with van der Waals surface area (Å²) in [5.74, 6) is 1.94. The molecular weight excluding hydrogens is 504 g/mol. The summed E-state index contributed by atoms with van der Waals surface area (Å²) in [4.78, 5) is 18.7. The van der Waals surface area contributed by atoms with Crippen molar-refractivity contribution in [1.82, 2.24) is 19.9 Å². The Hall–Kier alpha value is -5.68. The van der Waals surface area contributed by atoms with E-state index in [2.05, 4.69) is 59.6 Å². The van der Waals surface area contributed by atoms with Gasteiger partial charge in [0.05, 0.1) is 6.20 Å². The van der Waals surface area contributed by atoms with E-state index < -0.39 is 0 Å². The summed E-state index contributed by atoms with van der Waals surface area (Å²) in [6.07, 6.45) is 3.58. The molecule has 0 amide bonds. The van der Waals surface area contributed by atoms with Crippen molar-refractivity contribution in [2.45, 2.75) is 0 Å². The minimum atomic E-state index is 0.639. The molecule has 0 atom stereocenters. The summed E-state index contributed by atoms with van der Waals surface area (Å²) in [6, 6.07) is 41.2. The number of furan rings is 1. The van der Waals surface area contributed by atoms with Crippen molar-refractivity contribution in [3.05, 3.63) is 134 Å². The molecule has 5 aromatic carbocycles. The van der Waals surface area contributed by atoms with E-state index in [-0.39, 0.29) is 0 Å². The van der Waals surface area contributed by atoms with Crippen molar-refractivity contribution in [1.29, 1.82) is 0 Å². The number of nitrogens with zero attached hydrogens (tertiary/aromatic N) is 4. The fraction of sp³-hybridized carbons (Fsp3) is 0. The Labute approximate surface area is 235 Å². The van der Waals surface area contributed by atoms with Gasteiger partial charge in [-0.3, -0.25) is 4.98 Å². The first-order valence-electron chi connectivity index (χ1n) is 13.5. The van der Waals surface area contributed by atoms with Crippen molar-refractivity contribution in [3.63, 3.8) is 0 Å². The van der Waals surface area contributed by atoms with Crippen LogP contribution in [0.2, 0.25) is 0 Å². The largest absolute Gasteiger partial charge is 0.454 e. The van der Waals surface area contributed by atoms with Gasteiger partial charge in [0.1, 0.15) is 5.58 Å². The first kappa shape index (κ1) is 23.2. The molecule has 8 aromatic rings. The van der Waals surface area contributed by atoms with Crippen LogP contribution in [0.4, 0.5) is 0 Å². The van der Waals surface area contributed by atoms with Gasteiger partial charge in [-0.25, -0.2) is 15.0 Å². The summed E-state index contributed by atoms with van der Waals surface area (Å²) < 4.78 is 6.24. The minimum absolute atomic E-state index is 0.639. The Bertz CT molecular complexity index is 2130. The van der Waals surface area contributed by atoms with Gasteiger partial charge in [0.25, 0.3) is 0 Å².